The van der Waals surface area contributed by atoms with Crippen molar-refractivity contribution in [1.29, 1.82) is 0 Å². The molecule has 10 nitrogen and oxygen atoms in total. The van der Waals surface area contributed by atoms with E-state index in [0.29, 0.717) is 11.4 Å². The van der Waals surface area contributed by atoms with Crippen LogP contribution in [0, 0.1) is 27.2 Å². The third kappa shape index (κ3) is 4.08. The average Bonchev–Trinajstić information content (AvgIpc) is 3.16. The lowest BCUT2D eigenvalue weighted by molar-refractivity contribution is -0.394. The lowest BCUT2D eigenvalue weighted by Crippen LogP contribution is -2.12. The second-order valence-electron chi connectivity index (χ2n) is 6.89. The van der Waals surface area contributed by atoms with Crippen molar-refractivity contribution in [3.63, 3.8) is 0 Å². The zero-order valence-electron chi connectivity index (χ0n) is 16.2. The smallest absolute Gasteiger partial charge is 0.277 e. The number of non-ortho nitro benzene ring substituents is 2. The SMILES string of the molecule is Cc1ccc2nc(-c3cccc(NC(=O)c4cc([N+](=O)[O-])cc([N+](=O)[O-])c4)c3)cn2c1. The van der Waals surface area contributed by atoms with Crippen molar-refractivity contribution in [1.82, 2.24) is 9.38 Å². The van der Waals surface area contributed by atoms with Crippen LogP contribution >= 0.6 is 0 Å². The third-order valence-corrected chi connectivity index (χ3v) is 4.60. The molecule has 0 fully saturated rings. The number of carbonyl (C=O) groups excluding carboxylic acids is 1. The van der Waals surface area contributed by atoms with Gasteiger partial charge in [0, 0.05) is 35.8 Å². The predicted molar refractivity (Wildman–Crippen MR) is 113 cm³/mol. The summed E-state index contributed by atoms with van der Waals surface area (Å²) in [6.07, 6.45) is 3.82. The number of hydrogen-bond acceptors (Lipinski definition) is 6. The minimum absolute atomic E-state index is 0.186. The molecule has 4 aromatic rings. The number of imidazole rings is 1. The van der Waals surface area contributed by atoms with Gasteiger partial charge < -0.3 is 9.72 Å². The number of fused-ring (bicyclic) bond motifs is 1. The Kier molecular flexibility index (Phi) is 4.88. The Morgan fingerprint density at radius 1 is 0.968 bits per heavy atom. The van der Waals surface area contributed by atoms with E-state index in [1.54, 1.807) is 18.2 Å². The van der Waals surface area contributed by atoms with Gasteiger partial charge in [0.25, 0.3) is 17.3 Å². The summed E-state index contributed by atoms with van der Waals surface area (Å²) < 4.78 is 1.90. The molecule has 1 N–H and O–H groups in total. The van der Waals surface area contributed by atoms with Gasteiger partial charge in [-0.25, -0.2) is 4.98 Å². The molecule has 2 heterocycles. The summed E-state index contributed by atoms with van der Waals surface area (Å²) in [7, 11) is 0. The summed E-state index contributed by atoms with van der Waals surface area (Å²) in [4.78, 5) is 37.7. The molecule has 0 aliphatic heterocycles. The van der Waals surface area contributed by atoms with Crippen LogP contribution in [0.25, 0.3) is 16.9 Å². The molecule has 0 saturated heterocycles. The quantitative estimate of drug-likeness (QED) is 0.378. The van der Waals surface area contributed by atoms with Crippen LogP contribution in [0.3, 0.4) is 0 Å². The predicted octanol–water partition coefficient (Wildman–Crippen LogP) is 4.38. The molecule has 4 rings (SSSR count). The topological polar surface area (TPSA) is 133 Å². The van der Waals surface area contributed by atoms with E-state index in [1.165, 1.54) is 0 Å². The zero-order valence-corrected chi connectivity index (χ0v) is 16.2. The van der Waals surface area contributed by atoms with Gasteiger partial charge in [-0.1, -0.05) is 18.2 Å². The molecule has 0 radical (unpaired) electrons. The molecule has 2 aromatic carbocycles. The number of amides is 1. The number of rotatable bonds is 5. The van der Waals surface area contributed by atoms with Crippen LogP contribution < -0.4 is 5.32 Å². The van der Waals surface area contributed by atoms with Crippen LogP contribution in [-0.2, 0) is 0 Å². The molecule has 154 valence electrons. The number of hydrogen-bond donors (Lipinski definition) is 1. The summed E-state index contributed by atoms with van der Waals surface area (Å²) in [5.74, 6) is -0.699. The average molecular weight is 417 g/mol. The van der Waals surface area contributed by atoms with Gasteiger partial charge >= 0.3 is 0 Å². The van der Waals surface area contributed by atoms with Crippen molar-refractivity contribution >= 4 is 28.6 Å². The van der Waals surface area contributed by atoms with Crippen molar-refractivity contribution in [2.24, 2.45) is 0 Å². The van der Waals surface area contributed by atoms with Crippen LogP contribution in [0.2, 0.25) is 0 Å². The monoisotopic (exact) mass is 417 g/mol. The Morgan fingerprint density at radius 2 is 1.68 bits per heavy atom. The molecule has 0 aliphatic carbocycles. The number of aryl methyl sites for hydroxylation is 1. The number of nitrogens with one attached hydrogen (secondary N) is 1. The van der Waals surface area contributed by atoms with Crippen molar-refractivity contribution < 1.29 is 14.6 Å². The van der Waals surface area contributed by atoms with Crippen LogP contribution in [0.15, 0.2) is 67.0 Å². The summed E-state index contributed by atoms with van der Waals surface area (Å²) >= 11 is 0. The fraction of sp³-hybridized carbons (Fsp3) is 0.0476. The number of nitrogens with zero attached hydrogens (tertiary/aromatic N) is 4. The fourth-order valence-electron chi connectivity index (χ4n) is 3.14. The van der Waals surface area contributed by atoms with Gasteiger partial charge in [0.2, 0.25) is 0 Å². The third-order valence-electron chi connectivity index (χ3n) is 4.60. The van der Waals surface area contributed by atoms with Gasteiger partial charge in [-0.15, -0.1) is 0 Å². The van der Waals surface area contributed by atoms with Gasteiger partial charge in [-0.2, -0.15) is 0 Å². The first-order valence-corrected chi connectivity index (χ1v) is 9.11. The van der Waals surface area contributed by atoms with Gasteiger partial charge in [0.05, 0.1) is 27.2 Å². The van der Waals surface area contributed by atoms with E-state index in [2.05, 4.69) is 10.3 Å². The molecule has 0 atom stereocenters. The highest BCUT2D eigenvalue weighted by molar-refractivity contribution is 6.05. The summed E-state index contributed by atoms with van der Waals surface area (Å²) in [6.45, 7) is 1.98. The van der Waals surface area contributed by atoms with Gasteiger partial charge in [0.1, 0.15) is 5.65 Å². The molecule has 0 aliphatic rings. The maximum absolute atomic E-state index is 12.6. The van der Waals surface area contributed by atoms with E-state index in [9.17, 15) is 25.0 Å². The fourth-order valence-corrected chi connectivity index (χ4v) is 3.14. The summed E-state index contributed by atoms with van der Waals surface area (Å²) in [5, 5.41) is 24.7. The van der Waals surface area contributed by atoms with E-state index < -0.39 is 27.1 Å². The van der Waals surface area contributed by atoms with Crippen molar-refractivity contribution in [3.8, 4) is 11.3 Å². The van der Waals surface area contributed by atoms with Gasteiger partial charge in [-0.3, -0.25) is 25.0 Å². The summed E-state index contributed by atoms with van der Waals surface area (Å²) in [5.41, 5.74) is 2.49. The van der Waals surface area contributed by atoms with E-state index in [-0.39, 0.29) is 5.56 Å². The number of nitro groups is 2. The minimum Gasteiger partial charge on any atom is -0.322 e. The molecule has 1 amide bonds. The maximum atomic E-state index is 12.6. The molecule has 0 unspecified atom stereocenters. The first-order chi connectivity index (χ1) is 14.8. The molecular weight excluding hydrogens is 402 g/mol. The number of aromatic nitrogens is 2. The number of nitro benzene ring substituents is 2. The van der Waals surface area contributed by atoms with E-state index in [4.69, 9.17) is 0 Å². The largest absolute Gasteiger partial charge is 0.322 e. The number of pyridine rings is 1. The van der Waals surface area contributed by atoms with Crippen LogP contribution in [0.4, 0.5) is 17.1 Å². The van der Waals surface area contributed by atoms with E-state index >= 15 is 0 Å². The zero-order chi connectivity index (χ0) is 22.1. The van der Waals surface area contributed by atoms with Crippen LogP contribution in [-0.4, -0.2) is 25.1 Å². The Labute approximate surface area is 175 Å². The first kappa shape index (κ1) is 19.7. The highest BCUT2D eigenvalue weighted by atomic mass is 16.6. The normalized spacial score (nSPS) is 10.7. The Bertz CT molecular complexity index is 1330. The maximum Gasteiger partial charge on any atom is 0.277 e. The Morgan fingerprint density at radius 3 is 2.35 bits per heavy atom. The van der Waals surface area contributed by atoms with Crippen LogP contribution in [0.5, 0.6) is 0 Å². The molecule has 0 saturated carbocycles. The number of benzene rings is 2. The molecular formula is C21H15N5O5. The number of anilines is 1. The lowest BCUT2D eigenvalue weighted by Gasteiger charge is -2.07. The molecule has 2 aromatic heterocycles. The second-order valence-corrected chi connectivity index (χ2v) is 6.89. The van der Waals surface area contributed by atoms with E-state index in [1.807, 2.05) is 41.9 Å². The second kappa shape index (κ2) is 7.67. The molecule has 31 heavy (non-hydrogen) atoms. The highest BCUT2D eigenvalue weighted by Gasteiger charge is 2.20. The molecule has 0 spiro atoms. The van der Waals surface area contributed by atoms with Crippen molar-refractivity contribution in [2.45, 2.75) is 6.92 Å². The highest BCUT2D eigenvalue weighted by Crippen LogP contribution is 2.25. The van der Waals surface area contributed by atoms with Gasteiger partial charge in [-0.05, 0) is 30.7 Å². The van der Waals surface area contributed by atoms with Crippen molar-refractivity contribution in [3.05, 3.63) is 98.3 Å². The molecule has 0 bridgehead atoms. The number of carbonyl (C=O) groups is 1. The van der Waals surface area contributed by atoms with Crippen LogP contribution in [0.1, 0.15) is 15.9 Å². The van der Waals surface area contributed by atoms with Gasteiger partial charge in [0.15, 0.2) is 0 Å². The Hall–Kier alpha value is -4.60. The van der Waals surface area contributed by atoms with Crippen molar-refractivity contribution in [2.75, 3.05) is 5.32 Å². The first-order valence-electron chi connectivity index (χ1n) is 9.11. The summed E-state index contributed by atoms with van der Waals surface area (Å²) in [6, 6.07) is 13.6. The molecule has 10 heteroatoms. The lowest BCUT2D eigenvalue weighted by atomic mass is 10.1. The van der Waals surface area contributed by atoms with E-state index in [0.717, 1.165) is 35.0 Å². The standard InChI is InChI=1S/C21H15N5O5/c1-13-5-6-20-23-19(12-24(20)11-13)14-3-2-4-16(7-14)22-21(27)15-8-17(25(28)29)10-18(9-15)26(30)31/h2-12H,1H3,(H,22,27). The minimum atomic E-state index is -0.782. The Balaban J connectivity index is 1.63.